The van der Waals surface area contributed by atoms with Gasteiger partial charge in [-0.3, -0.25) is 4.79 Å². The number of ether oxygens (including phenoxy) is 1. The SMILES string of the molecule is COC(=O)C(C)(Br)CNS(=O)(=O)c1ccc(C)cc1. The van der Waals surface area contributed by atoms with Crippen molar-refractivity contribution in [2.24, 2.45) is 0 Å². The Labute approximate surface area is 121 Å². The van der Waals surface area contributed by atoms with Gasteiger partial charge in [0.1, 0.15) is 4.32 Å². The first kappa shape index (κ1) is 16.1. The molecule has 0 saturated carbocycles. The van der Waals surface area contributed by atoms with Crippen molar-refractivity contribution < 1.29 is 17.9 Å². The second-order valence-corrected chi connectivity index (χ2v) is 7.84. The summed E-state index contributed by atoms with van der Waals surface area (Å²) in [5.74, 6) is -0.542. The van der Waals surface area contributed by atoms with Crippen molar-refractivity contribution in [2.45, 2.75) is 23.1 Å². The molecule has 0 radical (unpaired) electrons. The molecule has 0 aliphatic heterocycles. The van der Waals surface area contributed by atoms with Crippen molar-refractivity contribution in [1.29, 1.82) is 0 Å². The summed E-state index contributed by atoms with van der Waals surface area (Å²) in [7, 11) is -2.39. The van der Waals surface area contributed by atoms with E-state index in [0.717, 1.165) is 5.56 Å². The summed E-state index contributed by atoms with van der Waals surface area (Å²) in [6.45, 7) is 3.31. The third kappa shape index (κ3) is 4.29. The van der Waals surface area contributed by atoms with Crippen LogP contribution in [-0.4, -0.2) is 32.4 Å². The molecule has 0 aromatic heterocycles. The fourth-order valence-corrected chi connectivity index (χ4v) is 2.94. The maximum atomic E-state index is 12.0. The van der Waals surface area contributed by atoms with Crippen LogP contribution >= 0.6 is 15.9 Å². The molecular formula is C12H16BrNO4S. The molecule has 5 nitrogen and oxygen atoms in total. The molecule has 0 aliphatic carbocycles. The Morgan fingerprint density at radius 1 is 1.37 bits per heavy atom. The lowest BCUT2D eigenvalue weighted by Crippen LogP contribution is -2.42. The van der Waals surface area contributed by atoms with Crippen molar-refractivity contribution >= 4 is 31.9 Å². The first-order valence-electron chi connectivity index (χ1n) is 5.53. The second-order valence-electron chi connectivity index (χ2n) is 4.33. The average molecular weight is 350 g/mol. The smallest absolute Gasteiger partial charge is 0.323 e. The Kier molecular flexibility index (Phi) is 5.11. The highest BCUT2D eigenvalue weighted by Gasteiger charge is 2.32. The molecule has 106 valence electrons. The van der Waals surface area contributed by atoms with E-state index < -0.39 is 20.3 Å². The molecular weight excluding hydrogens is 334 g/mol. The van der Waals surface area contributed by atoms with Gasteiger partial charge in [-0.15, -0.1) is 0 Å². The molecule has 1 aromatic rings. The van der Waals surface area contributed by atoms with E-state index in [1.807, 2.05) is 6.92 Å². The summed E-state index contributed by atoms with van der Waals surface area (Å²) < 4.78 is 29.9. The van der Waals surface area contributed by atoms with Crippen LogP contribution in [0.5, 0.6) is 0 Å². The molecule has 0 aliphatic rings. The number of alkyl halides is 1. The van der Waals surface area contributed by atoms with Crippen molar-refractivity contribution in [2.75, 3.05) is 13.7 Å². The van der Waals surface area contributed by atoms with Crippen molar-refractivity contribution in [3.63, 3.8) is 0 Å². The molecule has 0 bridgehead atoms. The predicted molar refractivity (Wildman–Crippen MR) is 75.7 cm³/mol. The van der Waals surface area contributed by atoms with Crippen LogP contribution in [0.1, 0.15) is 12.5 Å². The summed E-state index contributed by atoms with van der Waals surface area (Å²) in [5.41, 5.74) is 0.971. The van der Waals surface area contributed by atoms with Gasteiger partial charge >= 0.3 is 5.97 Å². The van der Waals surface area contributed by atoms with Crippen LogP contribution in [0.4, 0.5) is 0 Å². The van der Waals surface area contributed by atoms with Crippen LogP contribution in [0.3, 0.4) is 0 Å². The molecule has 0 saturated heterocycles. The van der Waals surface area contributed by atoms with Gasteiger partial charge < -0.3 is 4.74 Å². The van der Waals surface area contributed by atoms with Crippen molar-refractivity contribution in [3.8, 4) is 0 Å². The lowest BCUT2D eigenvalue weighted by atomic mass is 10.2. The summed E-state index contributed by atoms with van der Waals surface area (Å²) in [6, 6.07) is 6.45. The lowest BCUT2D eigenvalue weighted by molar-refractivity contribution is -0.142. The van der Waals surface area contributed by atoms with E-state index in [0.29, 0.717) is 0 Å². The van der Waals surface area contributed by atoms with E-state index in [1.165, 1.54) is 26.2 Å². The van der Waals surface area contributed by atoms with Gasteiger partial charge in [0.15, 0.2) is 0 Å². The van der Waals surface area contributed by atoms with Crippen LogP contribution in [0.15, 0.2) is 29.2 Å². The fourth-order valence-electron chi connectivity index (χ4n) is 1.32. The van der Waals surface area contributed by atoms with E-state index >= 15 is 0 Å². The van der Waals surface area contributed by atoms with E-state index in [9.17, 15) is 13.2 Å². The van der Waals surface area contributed by atoms with Gasteiger partial charge in [-0.25, -0.2) is 13.1 Å². The number of halogens is 1. The number of nitrogens with one attached hydrogen (secondary N) is 1. The highest BCUT2D eigenvalue weighted by molar-refractivity contribution is 9.10. The molecule has 19 heavy (non-hydrogen) atoms. The number of rotatable bonds is 5. The molecule has 0 heterocycles. The molecule has 0 amide bonds. The number of sulfonamides is 1. The summed E-state index contributed by atoms with van der Waals surface area (Å²) in [4.78, 5) is 11.6. The maximum absolute atomic E-state index is 12.0. The Morgan fingerprint density at radius 3 is 2.37 bits per heavy atom. The van der Waals surface area contributed by atoms with Crippen LogP contribution in [0.2, 0.25) is 0 Å². The van der Waals surface area contributed by atoms with E-state index in [4.69, 9.17) is 0 Å². The molecule has 0 spiro atoms. The minimum Gasteiger partial charge on any atom is -0.468 e. The minimum absolute atomic E-state index is 0.101. The van der Waals surface area contributed by atoms with Crippen LogP contribution in [0.25, 0.3) is 0 Å². The number of carbonyl (C=O) groups is 1. The summed E-state index contributed by atoms with van der Waals surface area (Å²) in [6.07, 6.45) is 0. The zero-order valence-corrected chi connectivity index (χ0v) is 13.3. The quantitative estimate of drug-likeness (QED) is 0.647. The Balaban J connectivity index is 2.82. The Hall–Kier alpha value is -0.920. The topological polar surface area (TPSA) is 72.5 Å². The first-order valence-corrected chi connectivity index (χ1v) is 7.80. The Morgan fingerprint density at radius 2 is 1.89 bits per heavy atom. The Bertz CT molecular complexity index is 552. The van der Waals surface area contributed by atoms with Gasteiger partial charge in [0.05, 0.1) is 12.0 Å². The van der Waals surface area contributed by atoms with Crippen LogP contribution < -0.4 is 4.72 Å². The number of carbonyl (C=O) groups excluding carboxylic acids is 1. The van der Waals surface area contributed by atoms with E-state index in [1.54, 1.807) is 12.1 Å². The van der Waals surface area contributed by atoms with Crippen molar-refractivity contribution in [1.82, 2.24) is 4.72 Å². The molecule has 1 atom stereocenters. The third-order valence-corrected chi connectivity index (χ3v) is 4.56. The molecule has 1 rings (SSSR count). The van der Waals surface area contributed by atoms with E-state index in [2.05, 4.69) is 25.4 Å². The number of hydrogen-bond donors (Lipinski definition) is 1. The minimum atomic E-state index is -3.64. The number of hydrogen-bond acceptors (Lipinski definition) is 4. The van der Waals surface area contributed by atoms with Gasteiger partial charge in [-0.1, -0.05) is 33.6 Å². The standard InChI is InChI=1S/C12H16BrNO4S/c1-9-4-6-10(7-5-9)19(16,17)14-8-12(2,13)11(15)18-3/h4-7,14H,8H2,1-3H3. The van der Waals surface area contributed by atoms with Gasteiger partial charge in [-0.2, -0.15) is 0 Å². The molecule has 1 N–H and O–H groups in total. The van der Waals surface area contributed by atoms with Gasteiger partial charge in [0.25, 0.3) is 0 Å². The number of esters is 1. The highest BCUT2D eigenvalue weighted by Crippen LogP contribution is 2.19. The fraction of sp³-hybridized carbons (Fsp3) is 0.417. The van der Waals surface area contributed by atoms with Gasteiger partial charge in [-0.05, 0) is 26.0 Å². The predicted octanol–water partition coefficient (Wildman–Crippen LogP) is 1.60. The zero-order chi connectivity index (χ0) is 14.7. The summed E-state index contributed by atoms with van der Waals surface area (Å²) >= 11 is 3.14. The maximum Gasteiger partial charge on any atom is 0.323 e. The average Bonchev–Trinajstić information content (AvgIpc) is 2.36. The first-order chi connectivity index (χ1) is 8.69. The number of methoxy groups -OCH3 is 1. The van der Waals surface area contributed by atoms with E-state index in [-0.39, 0.29) is 11.4 Å². The molecule has 1 unspecified atom stereocenters. The normalized spacial score (nSPS) is 14.7. The van der Waals surface area contributed by atoms with Gasteiger partial charge in [0.2, 0.25) is 10.0 Å². The van der Waals surface area contributed by atoms with Crippen LogP contribution in [0, 0.1) is 6.92 Å². The third-order valence-electron chi connectivity index (χ3n) is 2.54. The largest absolute Gasteiger partial charge is 0.468 e. The molecule has 7 heteroatoms. The van der Waals surface area contributed by atoms with Crippen molar-refractivity contribution in [3.05, 3.63) is 29.8 Å². The lowest BCUT2D eigenvalue weighted by Gasteiger charge is -2.19. The molecule has 1 aromatic carbocycles. The monoisotopic (exact) mass is 349 g/mol. The summed E-state index contributed by atoms with van der Waals surface area (Å²) in [5, 5.41) is 0. The highest BCUT2D eigenvalue weighted by atomic mass is 79.9. The van der Waals surface area contributed by atoms with Gasteiger partial charge in [0, 0.05) is 6.54 Å². The second kappa shape index (κ2) is 6.02. The zero-order valence-electron chi connectivity index (χ0n) is 10.9. The van der Waals surface area contributed by atoms with Crippen LogP contribution in [-0.2, 0) is 19.6 Å². The molecule has 0 fully saturated rings. The number of benzene rings is 1. The number of aryl methyl sites for hydroxylation is 1.